The summed E-state index contributed by atoms with van der Waals surface area (Å²) in [6.07, 6.45) is 0.189. The molecule has 5 N–H and O–H groups in total. The van der Waals surface area contributed by atoms with Gasteiger partial charge in [0.15, 0.2) is 5.84 Å². The van der Waals surface area contributed by atoms with Crippen molar-refractivity contribution in [1.82, 2.24) is 10.6 Å². The summed E-state index contributed by atoms with van der Waals surface area (Å²) in [4.78, 5) is 22.5. The first kappa shape index (κ1) is 14.2. The maximum atomic E-state index is 11.6. The van der Waals surface area contributed by atoms with E-state index in [0.29, 0.717) is 0 Å². The molecule has 0 aliphatic heterocycles. The van der Waals surface area contributed by atoms with Crippen molar-refractivity contribution in [3.05, 3.63) is 0 Å². The topological polar surface area (TPSA) is 117 Å². The zero-order valence-corrected chi connectivity index (χ0v) is 9.70. The molecule has 16 heavy (non-hydrogen) atoms. The number of carbonyl (C=O) groups is 2. The van der Waals surface area contributed by atoms with E-state index in [2.05, 4.69) is 15.8 Å². The number of amides is 2. The van der Waals surface area contributed by atoms with Crippen LogP contribution in [0.3, 0.4) is 0 Å². The lowest BCUT2D eigenvalue weighted by Crippen LogP contribution is -2.46. The summed E-state index contributed by atoms with van der Waals surface area (Å²) in [5.41, 5.74) is 4.27. The standard InChI is InChI=1S/C9H18N4O3/c1-9(2,7(10)13-16)8(15)12-5-4-6(14)11-3/h16H,4-5H2,1-3H3,(H2,10,13)(H,11,14)(H,12,15). The summed E-state index contributed by atoms with van der Waals surface area (Å²) in [5, 5.41) is 16.2. The van der Waals surface area contributed by atoms with Crippen LogP contribution in [0.25, 0.3) is 0 Å². The summed E-state index contributed by atoms with van der Waals surface area (Å²) in [5.74, 6) is -0.737. The monoisotopic (exact) mass is 230 g/mol. The van der Waals surface area contributed by atoms with Crippen molar-refractivity contribution in [2.24, 2.45) is 16.3 Å². The Balaban J connectivity index is 4.21. The normalized spacial score (nSPS) is 12.1. The molecule has 0 saturated carbocycles. The molecule has 0 aromatic heterocycles. The molecule has 0 aromatic rings. The highest BCUT2D eigenvalue weighted by molar-refractivity contribution is 6.05. The number of nitrogens with two attached hydrogens (primary N) is 1. The van der Waals surface area contributed by atoms with Gasteiger partial charge < -0.3 is 21.6 Å². The Bertz CT molecular complexity index is 299. The number of oxime groups is 1. The molecule has 0 fully saturated rings. The summed E-state index contributed by atoms with van der Waals surface area (Å²) in [6.45, 7) is 3.26. The first-order chi connectivity index (χ1) is 7.36. The number of hydrogen-bond acceptors (Lipinski definition) is 4. The number of amidine groups is 1. The van der Waals surface area contributed by atoms with E-state index >= 15 is 0 Å². The third-order valence-corrected chi connectivity index (χ3v) is 2.23. The van der Waals surface area contributed by atoms with Crippen LogP contribution in [-0.4, -0.2) is 36.4 Å². The lowest BCUT2D eigenvalue weighted by atomic mass is 9.91. The third-order valence-electron chi connectivity index (χ3n) is 2.23. The van der Waals surface area contributed by atoms with Crippen molar-refractivity contribution < 1.29 is 14.8 Å². The molecule has 0 radical (unpaired) electrons. The van der Waals surface area contributed by atoms with Crippen LogP contribution < -0.4 is 16.4 Å². The molecule has 7 heteroatoms. The molecule has 0 bridgehead atoms. The molecule has 0 unspecified atom stereocenters. The molecule has 2 amide bonds. The lowest BCUT2D eigenvalue weighted by molar-refractivity contribution is -0.126. The largest absolute Gasteiger partial charge is 0.409 e. The first-order valence-electron chi connectivity index (χ1n) is 4.83. The van der Waals surface area contributed by atoms with E-state index in [1.54, 1.807) is 0 Å². The Morgan fingerprint density at radius 1 is 1.44 bits per heavy atom. The number of rotatable bonds is 5. The van der Waals surface area contributed by atoms with Gasteiger partial charge in [-0.25, -0.2) is 0 Å². The Labute approximate surface area is 94.1 Å². The van der Waals surface area contributed by atoms with Gasteiger partial charge in [0, 0.05) is 20.0 Å². The van der Waals surface area contributed by atoms with Crippen LogP contribution in [-0.2, 0) is 9.59 Å². The van der Waals surface area contributed by atoms with E-state index in [1.165, 1.54) is 20.9 Å². The first-order valence-corrected chi connectivity index (χ1v) is 4.83. The number of carbonyl (C=O) groups excluding carboxylic acids is 2. The molecular weight excluding hydrogens is 212 g/mol. The SMILES string of the molecule is CNC(=O)CCNC(=O)C(C)(C)C(N)=NO. The molecule has 7 nitrogen and oxygen atoms in total. The predicted octanol–water partition coefficient (Wildman–Crippen LogP) is -0.989. The van der Waals surface area contributed by atoms with E-state index in [1.807, 2.05) is 0 Å². The van der Waals surface area contributed by atoms with Crippen LogP contribution in [0.1, 0.15) is 20.3 Å². The predicted molar refractivity (Wildman–Crippen MR) is 58.9 cm³/mol. The average molecular weight is 230 g/mol. The van der Waals surface area contributed by atoms with Gasteiger partial charge in [-0.3, -0.25) is 9.59 Å². The summed E-state index contributed by atoms with van der Waals surface area (Å²) in [6, 6.07) is 0. The maximum Gasteiger partial charge on any atom is 0.233 e. The van der Waals surface area contributed by atoms with E-state index in [9.17, 15) is 9.59 Å². The van der Waals surface area contributed by atoms with Crippen molar-refractivity contribution >= 4 is 17.6 Å². The molecule has 0 rings (SSSR count). The quantitative estimate of drug-likeness (QED) is 0.210. The fraction of sp³-hybridized carbons (Fsp3) is 0.667. The zero-order valence-electron chi connectivity index (χ0n) is 9.70. The number of nitrogens with one attached hydrogen (secondary N) is 2. The van der Waals surface area contributed by atoms with Gasteiger partial charge in [0.05, 0.1) is 0 Å². The Morgan fingerprint density at radius 3 is 2.44 bits per heavy atom. The van der Waals surface area contributed by atoms with Gasteiger partial charge >= 0.3 is 0 Å². The summed E-state index contributed by atoms with van der Waals surface area (Å²) < 4.78 is 0. The smallest absolute Gasteiger partial charge is 0.233 e. The van der Waals surface area contributed by atoms with E-state index in [0.717, 1.165) is 0 Å². The van der Waals surface area contributed by atoms with Gasteiger partial charge in [0.1, 0.15) is 5.41 Å². The van der Waals surface area contributed by atoms with Gasteiger partial charge in [-0.2, -0.15) is 0 Å². The van der Waals surface area contributed by atoms with E-state index < -0.39 is 11.3 Å². The maximum absolute atomic E-state index is 11.6. The summed E-state index contributed by atoms with van der Waals surface area (Å²) in [7, 11) is 1.52. The summed E-state index contributed by atoms with van der Waals surface area (Å²) >= 11 is 0. The van der Waals surface area contributed by atoms with E-state index in [-0.39, 0.29) is 24.7 Å². The molecule has 92 valence electrons. The van der Waals surface area contributed by atoms with Gasteiger partial charge in [-0.1, -0.05) is 5.16 Å². The molecule has 0 aliphatic carbocycles. The zero-order chi connectivity index (χ0) is 12.8. The van der Waals surface area contributed by atoms with Crippen molar-refractivity contribution in [1.29, 1.82) is 0 Å². The Kier molecular flexibility index (Phi) is 5.27. The molecule has 0 spiro atoms. The van der Waals surface area contributed by atoms with Crippen LogP contribution in [0.5, 0.6) is 0 Å². The molecule has 0 aromatic carbocycles. The van der Waals surface area contributed by atoms with Crippen LogP contribution in [0.2, 0.25) is 0 Å². The van der Waals surface area contributed by atoms with Crippen LogP contribution in [0.4, 0.5) is 0 Å². The van der Waals surface area contributed by atoms with Gasteiger partial charge in [0.2, 0.25) is 11.8 Å². The molecule has 0 saturated heterocycles. The van der Waals surface area contributed by atoms with Crippen LogP contribution in [0, 0.1) is 5.41 Å². The minimum atomic E-state index is -1.10. The molecule has 0 heterocycles. The van der Waals surface area contributed by atoms with Crippen LogP contribution in [0.15, 0.2) is 5.16 Å². The lowest BCUT2D eigenvalue weighted by Gasteiger charge is -2.21. The van der Waals surface area contributed by atoms with E-state index in [4.69, 9.17) is 10.9 Å². The van der Waals surface area contributed by atoms with Gasteiger partial charge in [-0.15, -0.1) is 0 Å². The van der Waals surface area contributed by atoms with Gasteiger partial charge in [0.25, 0.3) is 0 Å². The molecule has 0 atom stereocenters. The molecule has 0 aliphatic rings. The molecular formula is C9H18N4O3. The Hall–Kier alpha value is -1.79. The van der Waals surface area contributed by atoms with Gasteiger partial charge in [-0.05, 0) is 13.8 Å². The second-order valence-electron chi connectivity index (χ2n) is 3.79. The fourth-order valence-electron chi connectivity index (χ4n) is 0.877. The third kappa shape index (κ3) is 3.76. The van der Waals surface area contributed by atoms with Crippen molar-refractivity contribution in [3.63, 3.8) is 0 Å². The highest BCUT2D eigenvalue weighted by Crippen LogP contribution is 2.14. The second-order valence-corrected chi connectivity index (χ2v) is 3.79. The highest BCUT2D eigenvalue weighted by Gasteiger charge is 2.32. The van der Waals surface area contributed by atoms with Crippen LogP contribution >= 0.6 is 0 Å². The minimum Gasteiger partial charge on any atom is -0.409 e. The fourth-order valence-corrected chi connectivity index (χ4v) is 0.877. The van der Waals surface area contributed by atoms with Crippen molar-refractivity contribution in [2.45, 2.75) is 20.3 Å². The second kappa shape index (κ2) is 5.94. The highest BCUT2D eigenvalue weighted by atomic mass is 16.4. The number of nitrogens with zero attached hydrogens (tertiary/aromatic N) is 1. The average Bonchev–Trinajstić information content (AvgIpc) is 2.27. The van der Waals surface area contributed by atoms with Crippen molar-refractivity contribution in [2.75, 3.05) is 13.6 Å². The van der Waals surface area contributed by atoms with Crippen molar-refractivity contribution in [3.8, 4) is 0 Å². The minimum absolute atomic E-state index is 0.165. The number of hydrogen-bond donors (Lipinski definition) is 4. The Morgan fingerprint density at radius 2 is 2.00 bits per heavy atom.